The van der Waals surface area contributed by atoms with Gasteiger partial charge in [-0.2, -0.15) is 0 Å². The van der Waals surface area contributed by atoms with Crippen molar-refractivity contribution in [3.63, 3.8) is 0 Å². The zero-order valence-corrected chi connectivity index (χ0v) is 37.7. The molecule has 0 aliphatic carbocycles. The van der Waals surface area contributed by atoms with Gasteiger partial charge in [0.15, 0.2) is 0 Å². The molecule has 8 nitrogen and oxygen atoms in total. The van der Waals surface area contributed by atoms with E-state index >= 15 is 4.57 Å². The van der Waals surface area contributed by atoms with Crippen LogP contribution in [0.3, 0.4) is 0 Å². The van der Waals surface area contributed by atoms with E-state index in [2.05, 4.69) is 0 Å². The Morgan fingerprint density at radius 3 is 0.954 bits per heavy atom. The van der Waals surface area contributed by atoms with Crippen LogP contribution < -0.4 is 0 Å². The van der Waals surface area contributed by atoms with Crippen molar-refractivity contribution in [2.45, 2.75) is 77.1 Å². The first-order valence-electron chi connectivity index (χ1n) is 22.3. The average molecular weight is 891 g/mol. The minimum Gasteiger partial charge on any atom is -0.374 e. The van der Waals surface area contributed by atoms with E-state index in [0.717, 1.165) is 38.9 Å². The molecule has 0 fully saturated rings. The lowest BCUT2D eigenvalue weighted by molar-refractivity contribution is -0.200. The largest absolute Gasteiger partial charge is 0.374 e. The van der Waals surface area contributed by atoms with Crippen molar-refractivity contribution in [2.75, 3.05) is 12.8 Å². The number of hydrogen-bond donors (Lipinski definition) is 0. The van der Waals surface area contributed by atoms with Crippen molar-refractivity contribution in [1.29, 1.82) is 0 Å². The second-order valence-corrected chi connectivity index (χ2v) is 18.0. The topological polar surface area (TPSA) is 81.7 Å². The molecule has 0 saturated heterocycles. The van der Waals surface area contributed by atoms with Gasteiger partial charge in [0.1, 0.15) is 18.3 Å². The molecule has 0 heterocycles. The molecule has 0 aliphatic rings. The Balaban J connectivity index is 1.25. The normalized spacial score (nSPS) is 13.5. The predicted octanol–water partition coefficient (Wildman–Crippen LogP) is 12.6. The fraction of sp³-hybridized carbons (Fsp3) is 0.250. The van der Waals surface area contributed by atoms with E-state index in [-0.39, 0.29) is 52.2 Å². The van der Waals surface area contributed by atoms with Gasteiger partial charge in [-0.15, -0.1) is 0 Å². The molecule has 0 amide bonds. The Morgan fingerprint density at radius 1 is 0.323 bits per heavy atom. The van der Waals surface area contributed by atoms with E-state index in [4.69, 9.17) is 32.7 Å². The fourth-order valence-electron chi connectivity index (χ4n) is 7.31. The van der Waals surface area contributed by atoms with Crippen molar-refractivity contribution in [3.8, 4) is 0 Å². The lowest BCUT2D eigenvalue weighted by Gasteiger charge is -2.38. The summed E-state index contributed by atoms with van der Waals surface area (Å²) in [4.78, 5) is 0. The van der Waals surface area contributed by atoms with Gasteiger partial charge in [-0.1, -0.05) is 212 Å². The summed E-state index contributed by atoms with van der Waals surface area (Å²) in [5.74, 6) is 0. The molecule has 0 saturated carbocycles. The van der Waals surface area contributed by atoms with E-state index in [9.17, 15) is 0 Å². The van der Waals surface area contributed by atoms with Crippen LogP contribution in [0.4, 0.5) is 0 Å². The Morgan fingerprint density at radius 2 is 0.600 bits per heavy atom. The molecule has 65 heavy (non-hydrogen) atoms. The lowest BCUT2D eigenvalue weighted by atomic mass is 9.99. The van der Waals surface area contributed by atoms with Crippen LogP contribution in [0.1, 0.15) is 45.4 Å². The number of benzene rings is 7. The van der Waals surface area contributed by atoms with E-state index in [1.807, 2.05) is 212 Å². The van der Waals surface area contributed by atoms with Gasteiger partial charge in [-0.3, -0.25) is 4.57 Å². The summed E-state index contributed by atoms with van der Waals surface area (Å²) in [6.45, 7) is 1.90. The third-order valence-corrected chi connectivity index (χ3v) is 12.7. The summed E-state index contributed by atoms with van der Waals surface area (Å²) < 4.78 is 62.2. The van der Waals surface area contributed by atoms with Crippen LogP contribution in [0.25, 0.3) is 0 Å². The smallest absolute Gasteiger partial charge is 0.331 e. The first-order valence-corrected chi connectivity index (χ1v) is 24.0. The van der Waals surface area contributed by atoms with Crippen molar-refractivity contribution in [3.05, 3.63) is 251 Å². The lowest BCUT2D eigenvalue weighted by Crippen LogP contribution is -2.51. The molecule has 7 aromatic carbocycles. The van der Waals surface area contributed by atoms with Crippen LogP contribution in [0.5, 0.6) is 0 Å². The standard InChI is InChI=1S/C56H59O8P/c57-65(63-43-51-32-18-6-19-33-51,64-44-52-34-20-7-21-35-52)37-36-53(59-39-47-24-10-2-11-25-47)55(61-41-49-28-14-4-15-29-49)56(62-42-50-30-16-5-17-31-50)54(60-40-48-26-12-3-13-27-48)45-58-38-46-22-8-1-9-23-46/h1-35,53-56H,36-45H2/t53-,54+,55+,56-/m0/s1. The van der Waals surface area contributed by atoms with Crippen molar-refractivity contribution in [2.24, 2.45) is 0 Å². The molecule has 0 aliphatic heterocycles. The summed E-state index contributed by atoms with van der Waals surface area (Å²) in [6.07, 6.45) is -2.54. The molecule has 0 radical (unpaired) electrons. The summed E-state index contributed by atoms with van der Waals surface area (Å²) >= 11 is 0. The average Bonchev–Trinajstić information content (AvgIpc) is 3.37. The second kappa shape index (κ2) is 26.5. The minimum absolute atomic E-state index is 0.0444. The van der Waals surface area contributed by atoms with Gasteiger partial charge < -0.3 is 32.7 Å². The molecule has 7 aromatic rings. The van der Waals surface area contributed by atoms with E-state index in [1.54, 1.807) is 0 Å². The predicted molar refractivity (Wildman–Crippen MR) is 256 cm³/mol. The molecular formula is C56H59O8P. The summed E-state index contributed by atoms with van der Waals surface area (Å²) in [6, 6.07) is 69.7. The van der Waals surface area contributed by atoms with Crippen LogP contribution in [-0.2, 0) is 83.5 Å². The van der Waals surface area contributed by atoms with E-state index in [1.165, 1.54) is 0 Å². The van der Waals surface area contributed by atoms with Crippen molar-refractivity contribution in [1.82, 2.24) is 0 Å². The van der Waals surface area contributed by atoms with Gasteiger partial charge in [0.05, 0.1) is 65.1 Å². The minimum atomic E-state index is -3.77. The summed E-state index contributed by atoms with van der Waals surface area (Å²) in [5, 5.41) is 0. The highest BCUT2D eigenvalue weighted by Gasteiger charge is 2.40. The quantitative estimate of drug-likeness (QED) is 0.0450. The Hall–Kier alpha value is -5.51. The highest BCUT2D eigenvalue weighted by Crippen LogP contribution is 2.51. The molecule has 7 rings (SSSR count). The highest BCUT2D eigenvalue weighted by atomic mass is 31.2. The van der Waals surface area contributed by atoms with Crippen molar-refractivity contribution < 1.29 is 37.3 Å². The van der Waals surface area contributed by atoms with Crippen LogP contribution in [0.15, 0.2) is 212 Å². The Bertz CT molecular complexity index is 2310. The van der Waals surface area contributed by atoms with Gasteiger partial charge in [-0.05, 0) is 45.4 Å². The molecule has 336 valence electrons. The summed E-state index contributed by atoms with van der Waals surface area (Å²) in [5.41, 5.74) is 6.77. The molecule has 0 bridgehead atoms. The number of ether oxygens (including phenoxy) is 5. The highest BCUT2D eigenvalue weighted by molar-refractivity contribution is 7.53. The third-order valence-electron chi connectivity index (χ3n) is 10.9. The molecule has 0 spiro atoms. The Kier molecular flexibility index (Phi) is 19.3. The second-order valence-electron chi connectivity index (χ2n) is 15.8. The SMILES string of the molecule is O=P(CC[C@H](OCc1ccccc1)[C@@H](OCc1ccccc1)[C@@H](OCc1ccccc1)[C@@H](COCc1ccccc1)OCc1ccccc1)(OCc1ccccc1)OCc1ccccc1. The maximum absolute atomic E-state index is 15.1. The van der Waals surface area contributed by atoms with Crippen LogP contribution in [0.2, 0.25) is 0 Å². The molecular weight excluding hydrogens is 832 g/mol. The van der Waals surface area contributed by atoms with E-state index in [0.29, 0.717) is 13.2 Å². The molecule has 4 atom stereocenters. The van der Waals surface area contributed by atoms with E-state index < -0.39 is 32.0 Å². The first kappa shape index (κ1) is 47.5. The zero-order chi connectivity index (χ0) is 44.6. The first-order chi connectivity index (χ1) is 32.1. The third kappa shape index (κ3) is 16.5. The number of rotatable bonds is 28. The van der Waals surface area contributed by atoms with Gasteiger partial charge in [0, 0.05) is 0 Å². The summed E-state index contributed by atoms with van der Waals surface area (Å²) in [7, 11) is -3.77. The van der Waals surface area contributed by atoms with Crippen molar-refractivity contribution >= 4 is 7.60 Å². The number of hydrogen-bond acceptors (Lipinski definition) is 8. The van der Waals surface area contributed by atoms with Gasteiger partial charge in [0.25, 0.3) is 0 Å². The van der Waals surface area contributed by atoms with Crippen LogP contribution >= 0.6 is 7.60 Å². The maximum Gasteiger partial charge on any atom is 0.331 e. The van der Waals surface area contributed by atoms with Crippen LogP contribution in [0, 0.1) is 0 Å². The zero-order valence-electron chi connectivity index (χ0n) is 36.8. The van der Waals surface area contributed by atoms with Gasteiger partial charge in [0.2, 0.25) is 0 Å². The fourth-order valence-corrected chi connectivity index (χ4v) is 8.90. The molecule has 0 N–H and O–H groups in total. The van der Waals surface area contributed by atoms with Gasteiger partial charge in [-0.25, -0.2) is 0 Å². The monoisotopic (exact) mass is 890 g/mol. The van der Waals surface area contributed by atoms with Crippen LogP contribution in [-0.4, -0.2) is 37.2 Å². The molecule has 9 heteroatoms. The Labute approximate surface area is 384 Å². The molecule has 0 aromatic heterocycles. The maximum atomic E-state index is 15.1. The van der Waals surface area contributed by atoms with Gasteiger partial charge >= 0.3 is 7.60 Å². The molecule has 0 unspecified atom stereocenters.